The lowest BCUT2D eigenvalue weighted by Gasteiger charge is -1.89. The smallest absolute Gasteiger partial charge is 0.149 e. The van der Waals surface area contributed by atoms with E-state index in [-0.39, 0.29) is 0 Å². The molecule has 0 bridgehead atoms. The van der Waals surface area contributed by atoms with Gasteiger partial charge < -0.3 is 4.57 Å². The maximum Gasteiger partial charge on any atom is 0.149 e. The third-order valence-corrected chi connectivity index (χ3v) is 1.54. The van der Waals surface area contributed by atoms with Crippen molar-refractivity contribution in [2.45, 2.75) is 6.92 Å². The molecule has 44 valence electrons. The summed E-state index contributed by atoms with van der Waals surface area (Å²) in [6.45, 7) is 1.93. The molecule has 0 aliphatic carbocycles. The average molecular weight is 131 g/mol. The molecule has 0 radical (unpaired) electrons. The summed E-state index contributed by atoms with van der Waals surface area (Å²) in [5.74, 6) is 0. The van der Waals surface area contributed by atoms with Gasteiger partial charge in [-0.05, 0) is 6.92 Å². The Morgan fingerprint density at radius 3 is 2.50 bits per heavy atom. The minimum absolute atomic E-state index is 0.590. The quantitative estimate of drug-likeness (QED) is 0.519. The maximum atomic E-state index is 5.60. The fourth-order valence-corrected chi connectivity index (χ4v) is 0.640. The third kappa shape index (κ3) is 0.713. The fourth-order valence-electron chi connectivity index (χ4n) is 0.463. The lowest BCUT2D eigenvalue weighted by Crippen LogP contribution is -1.85. The minimum Gasteiger partial charge on any atom is -0.337 e. The van der Waals surface area contributed by atoms with Gasteiger partial charge in [0.2, 0.25) is 0 Å². The number of hydrogen-bond donors (Lipinski definition) is 0. The lowest BCUT2D eigenvalue weighted by atomic mass is 10.5. The molecule has 0 aliphatic rings. The van der Waals surface area contributed by atoms with Crippen LogP contribution in [0, 0.1) is 6.92 Å². The van der Waals surface area contributed by atoms with Crippen LogP contribution in [0.4, 0.5) is 0 Å². The summed E-state index contributed by atoms with van der Waals surface area (Å²) < 4.78 is 1.88. The summed E-state index contributed by atoms with van der Waals surface area (Å²) in [5, 5.41) is 0.590. The molecule has 1 aromatic heterocycles. The van der Waals surface area contributed by atoms with Gasteiger partial charge in [0.1, 0.15) is 5.15 Å². The molecule has 0 saturated carbocycles. The highest BCUT2D eigenvalue weighted by Crippen LogP contribution is 2.08. The Hall–Kier alpha value is -0.500. The Morgan fingerprint density at radius 1 is 1.75 bits per heavy atom. The highest BCUT2D eigenvalue weighted by Gasteiger charge is 1.96. The zero-order valence-corrected chi connectivity index (χ0v) is 5.61. The van der Waals surface area contributed by atoms with Crippen molar-refractivity contribution < 1.29 is 0 Å². The molecular formula is C5H7ClN2. The molecule has 8 heavy (non-hydrogen) atoms. The molecule has 0 saturated heterocycles. The van der Waals surface area contributed by atoms with Crippen molar-refractivity contribution in [2.75, 3.05) is 0 Å². The average Bonchev–Trinajstić information content (AvgIpc) is 1.98. The topological polar surface area (TPSA) is 17.8 Å². The van der Waals surface area contributed by atoms with Crippen LogP contribution in [0.15, 0.2) is 6.33 Å². The summed E-state index contributed by atoms with van der Waals surface area (Å²) in [7, 11) is 1.91. The molecule has 0 N–H and O–H groups in total. The number of aromatic nitrogens is 2. The van der Waals surface area contributed by atoms with Crippen molar-refractivity contribution in [1.29, 1.82) is 0 Å². The van der Waals surface area contributed by atoms with Gasteiger partial charge in [-0.3, -0.25) is 0 Å². The van der Waals surface area contributed by atoms with Gasteiger partial charge in [-0.2, -0.15) is 0 Å². The van der Waals surface area contributed by atoms with Gasteiger partial charge >= 0.3 is 0 Å². The van der Waals surface area contributed by atoms with E-state index in [1.165, 1.54) is 0 Å². The molecule has 0 fully saturated rings. The van der Waals surface area contributed by atoms with Crippen LogP contribution in [-0.4, -0.2) is 9.55 Å². The monoisotopic (exact) mass is 130 g/mol. The SMILES string of the molecule is Cc1c(Cl)ncn1C. The van der Waals surface area contributed by atoms with Crippen LogP contribution < -0.4 is 0 Å². The van der Waals surface area contributed by atoms with E-state index in [0.717, 1.165) is 5.69 Å². The van der Waals surface area contributed by atoms with Gasteiger partial charge in [-0.1, -0.05) is 11.6 Å². The van der Waals surface area contributed by atoms with Crippen molar-refractivity contribution in [3.05, 3.63) is 17.2 Å². The molecule has 0 spiro atoms. The van der Waals surface area contributed by atoms with E-state index in [2.05, 4.69) is 4.98 Å². The van der Waals surface area contributed by atoms with E-state index in [1.807, 2.05) is 18.5 Å². The van der Waals surface area contributed by atoms with Crippen LogP contribution in [-0.2, 0) is 7.05 Å². The Balaban J connectivity index is 3.19. The third-order valence-electron chi connectivity index (χ3n) is 1.17. The van der Waals surface area contributed by atoms with Crippen LogP contribution in [0.5, 0.6) is 0 Å². The van der Waals surface area contributed by atoms with Crippen LogP contribution in [0.2, 0.25) is 5.15 Å². The molecule has 0 amide bonds. The molecule has 0 aliphatic heterocycles. The molecule has 0 aromatic carbocycles. The molecule has 2 nitrogen and oxygen atoms in total. The zero-order chi connectivity index (χ0) is 6.15. The van der Waals surface area contributed by atoms with Crippen molar-refractivity contribution in [3.8, 4) is 0 Å². The Bertz CT molecular complexity index is 173. The van der Waals surface area contributed by atoms with Crippen LogP contribution in [0.25, 0.3) is 0 Å². The molecule has 1 heterocycles. The summed E-state index contributed by atoms with van der Waals surface area (Å²) in [5.41, 5.74) is 1.01. The number of halogens is 1. The fraction of sp³-hybridized carbons (Fsp3) is 0.400. The Kier molecular flexibility index (Phi) is 1.26. The van der Waals surface area contributed by atoms with Gasteiger partial charge in [-0.15, -0.1) is 0 Å². The van der Waals surface area contributed by atoms with E-state index in [1.54, 1.807) is 6.33 Å². The summed E-state index contributed by atoms with van der Waals surface area (Å²) in [6, 6.07) is 0. The van der Waals surface area contributed by atoms with E-state index in [9.17, 15) is 0 Å². The van der Waals surface area contributed by atoms with Gasteiger partial charge in [-0.25, -0.2) is 4.98 Å². The van der Waals surface area contributed by atoms with Crippen LogP contribution in [0.3, 0.4) is 0 Å². The first-order valence-corrected chi connectivity index (χ1v) is 2.73. The van der Waals surface area contributed by atoms with E-state index in [4.69, 9.17) is 11.6 Å². The van der Waals surface area contributed by atoms with Crippen molar-refractivity contribution in [1.82, 2.24) is 9.55 Å². The van der Waals surface area contributed by atoms with Crippen molar-refractivity contribution in [3.63, 3.8) is 0 Å². The standard InChI is InChI=1S/C5H7ClN2/c1-4-5(6)7-3-8(4)2/h3H,1-2H3. The Labute approximate surface area is 53.1 Å². The molecule has 1 rings (SSSR count). The number of hydrogen-bond acceptors (Lipinski definition) is 1. The highest BCUT2D eigenvalue weighted by atomic mass is 35.5. The lowest BCUT2D eigenvalue weighted by molar-refractivity contribution is 0.874. The number of aryl methyl sites for hydroxylation is 1. The summed E-state index contributed by atoms with van der Waals surface area (Å²) in [6.07, 6.45) is 1.69. The van der Waals surface area contributed by atoms with Crippen LogP contribution in [0.1, 0.15) is 5.69 Å². The predicted molar refractivity (Wildman–Crippen MR) is 33.0 cm³/mol. The van der Waals surface area contributed by atoms with Crippen LogP contribution >= 0.6 is 11.6 Å². The normalized spacial score (nSPS) is 9.88. The maximum absolute atomic E-state index is 5.60. The molecule has 3 heteroatoms. The number of imidazole rings is 1. The first-order valence-electron chi connectivity index (χ1n) is 2.35. The van der Waals surface area contributed by atoms with Gasteiger partial charge in [0.25, 0.3) is 0 Å². The largest absolute Gasteiger partial charge is 0.337 e. The summed E-state index contributed by atoms with van der Waals surface area (Å²) in [4.78, 5) is 3.84. The van der Waals surface area contributed by atoms with E-state index in [0.29, 0.717) is 5.15 Å². The Morgan fingerprint density at radius 2 is 2.38 bits per heavy atom. The predicted octanol–water partition coefficient (Wildman–Crippen LogP) is 1.38. The second-order valence-corrected chi connectivity index (χ2v) is 2.09. The second-order valence-electron chi connectivity index (χ2n) is 1.73. The van der Waals surface area contributed by atoms with Crippen molar-refractivity contribution >= 4 is 11.6 Å². The molecule has 0 unspecified atom stereocenters. The minimum atomic E-state index is 0.590. The first kappa shape index (κ1) is 5.63. The number of nitrogens with zero attached hydrogens (tertiary/aromatic N) is 2. The molecular weight excluding hydrogens is 124 g/mol. The van der Waals surface area contributed by atoms with E-state index >= 15 is 0 Å². The van der Waals surface area contributed by atoms with Gasteiger partial charge in [0.05, 0.1) is 12.0 Å². The highest BCUT2D eigenvalue weighted by molar-refractivity contribution is 6.30. The van der Waals surface area contributed by atoms with Gasteiger partial charge in [0.15, 0.2) is 0 Å². The van der Waals surface area contributed by atoms with Crippen molar-refractivity contribution in [2.24, 2.45) is 7.05 Å². The second kappa shape index (κ2) is 1.78. The molecule has 0 atom stereocenters. The summed E-state index contributed by atoms with van der Waals surface area (Å²) >= 11 is 5.60. The first-order chi connectivity index (χ1) is 3.72. The van der Waals surface area contributed by atoms with Gasteiger partial charge in [0, 0.05) is 7.05 Å². The van der Waals surface area contributed by atoms with E-state index < -0.39 is 0 Å². The molecule has 1 aromatic rings. The number of rotatable bonds is 0. The zero-order valence-electron chi connectivity index (χ0n) is 4.85.